The molecule has 5 nitrogen and oxygen atoms in total. The largest absolute Gasteiger partial charge is 0.490 e. The van der Waals surface area contributed by atoms with Crippen LogP contribution in [0.3, 0.4) is 0 Å². The van der Waals surface area contributed by atoms with Crippen molar-refractivity contribution in [3.8, 4) is 5.75 Å². The topological polar surface area (TPSA) is 64.1 Å². The van der Waals surface area contributed by atoms with E-state index in [0.717, 1.165) is 30.1 Å². The summed E-state index contributed by atoms with van der Waals surface area (Å²) in [6, 6.07) is 4.53. The number of nitrogens with one attached hydrogen (secondary N) is 1. The van der Waals surface area contributed by atoms with Crippen LogP contribution in [-0.4, -0.2) is 22.1 Å². The number of hydrogen-bond acceptors (Lipinski definition) is 5. The van der Waals surface area contributed by atoms with Crippen LogP contribution in [0.4, 0.5) is 4.39 Å². The van der Waals surface area contributed by atoms with Gasteiger partial charge in [0.25, 0.3) is 5.91 Å². The van der Waals surface area contributed by atoms with Crippen LogP contribution in [0.1, 0.15) is 52.2 Å². The highest BCUT2D eigenvalue weighted by Gasteiger charge is 2.33. The highest BCUT2D eigenvalue weighted by atomic mass is 32.1. The van der Waals surface area contributed by atoms with E-state index in [1.165, 1.54) is 6.07 Å². The maximum Gasteiger partial charge on any atom is 0.265 e. The Kier molecular flexibility index (Phi) is 3.29. The molecule has 0 bridgehead atoms. The molecule has 0 spiro atoms. The molecule has 1 atom stereocenters. The Morgan fingerprint density at radius 2 is 2.23 bits per heavy atom. The van der Waals surface area contributed by atoms with E-state index in [-0.39, 0.29) is 17.7 Å². The lowest BCUT2D eigenvalue weighted by molar-refractivity contribution is 0.0926. The number of carbonyl (C=O) groups excluding carboxylic acids is 1. The van der Waals surface area contributed by atoms with Crippen LogP contribution in [0, 0.1) is 5.82 Å². The van der Waals surface area contributed by atoms with E-state index in [0.29, 0.717) is 29.4 Å². The first-order chi connectivity index (χ1) is 10.7. The van der Waals surface area contributed by atoms with Crippen molar-refractivity contribution in [2.75, 3.05) is 6.61 Å². The minimum atomic E-state index is -0.394. The van der Waals surface area contributed by atoms with Crippen LogP contribution >= 0.6 is 11.5 Å². The SMILES string of the molecule is O=C(NC1CCOc2c(F)cccc21)c1snnc1C1CC1. The summed E-state index contributed by atoms with van der Waals surface area (Å²) in [6.45, 7) is 0.384. The Morgan fingerprint density at radius 1 is 1.36 bits per heavy atom. The second-order valence-electron chi connectivity index (χ2n) is 5.58. The Bertz CT molecular complexity index is 729. The molecule has 22 heavy (non-hydrogen) atoms. The summed E-state index contributed by atoms with van der Waals surface area (Å²) < 4.78 is 23.1. The lowest BCUT2D eigenvalue weighted by atomic mass is 10.00. The second kappa shape index (κ2) is 5.31. The minimum Gasteiger partial charge on any atom is -0.490 e. The molecule has 1 amide bonds. The van der Waals surface area contributed by atoms with E-state index < -0.39 is 5.82 Å². The maximum absolute atomic E-state index is 13.8. The summed E-state index contributed by atoms with van der Waals surface area (Å²) >= 11 is 1.12. The van der Waals surface area contributed by atoms with Crippen molar-refractivity contribution in [3.05, 3.63) is 40.2 Å². The Balaban J connectivity index is 1.58. The first-order valence-corrected chi connectivity index (χ1v) is 8.05. The molecule has 2 aromatic rings. The monoisotopic (exact) mass is 319 g/mol. The molecule has 7 heteroatoms. The van der Waals surface area contributed by atoms with Gasteiger partial charge in [0, 0.05) is 17.9 Å². The van der Waals surface area contributed by atoms with E-state index in [1.807, 2.05) is 0 Å². The van der Waals surface area contributed by atoms with E-state index in [9.17, 15) is 9.18 Å². The number of benzene rings is 1. The number of fused-ring (bicyclic) bond motifs is 1. The molecule has 114 valence electrons. The smallest absolute Gasteiger partial charge is 0.265 e. The predicted molar refractivity (Wildman–Crippen MR) is 78.6 cm³/mol. The third-order valence-corrected chi connectivity index (χ3v) is 4.76. The average molecular weight is 319 g/mol. The van der Waals surface area contributed by atoms with E-state index in [4.69, 9.17) is 4.74 Å². The molecule has 1 aliphatic heterocycles. The second-order valence-corrected chi connectivity index (χ2v) is 6.34. The van der Waals surface area contributed by atoms with Gasteiger partial charge in [-0.2, -0.15) is 0 Å². The standard InChI is InChI=1S/C15H14FN3O2S/c16-10-3-1-2-9-11(6-7-21-13(9)10)17-15(20)14-12(8-4-5-8)18-19-22-14/h1-3,8,11H,4-7H2,(H,17,20). The predicted octanol–water partition coefficient (Wildman–Crippen LogP) is 2.81. The van der Waals surface area contributed by atoms with Gasteiger partial charge in [-0.3, -0.25) is 4.79 Å². The van der Waals surface area contributed by atoms with Gasteiger partial charge in [0.1, 0.15) is 4.88 Å². The Morgan fingerprint density at radius 3 is 3.05 bits per heavy atom. The number of rotatable bonds is 3. The fourth-order valence-electron chi connectivity index (χ4n) is 2.74. The quantitative estimate of drug-likeness (QED) is 0.945. The van der Waals surface area contributed by atoms with Gasteiger partial charge in [-0.1, -0.05) is 16.6 Å². The highest BCUT2D eigenvalue weighted by Crippen LogP contribution is 2.41. The molecule has 2 heterocycles. The van der Waals surface area contributed by atoms with Gasteiger partial charge in [-0.05, 0) is 30.4 Å². The zero-order valence-electron chi connectivity index (χ0n) is 11.7. The van der Waals surface area contributed by atoms with Gasteiger partial charge >= 0.3 is 0 Å². The fourth-order valence-corrected chi connectivity index (χ4v) is 3.39. The van der Waals surface area contributed by atoms with Crippen molar-refractivity contribution < 1.29 is 13.9 Å². The summed E-state index contributed by atoms with van der Waals surface area (Å²) in [5.41, 5.74) is 1.49. The van der Waals surface area contributed by atoms with Crippen molar-refractivity contribution in [2.45, 2.75) is 31.2 Å². The zero-order valence-corrected chi connectivity index (χ0v) is 12.5. The maximum atomic E-state index is 13.8. The number of ether oxygens (including phenoxy) is 1. The van der Waals surface area contributed by atoms with Gasteiger partial charge < -0.3 is 10.1 Å². The minimum absolute atomic E-state index is 0.181. The van der Waals surface area contributed by atoms with Gasteiger partial charge in [0.15, 0.2) is 11.6 Å². The molecule has 4 rings (SSSR count). The van der Waals surface area contributed by atoms with Gasteiger partial charge in [-0.25, -0.2) is 4.39 Å². The van der Waals surface area contributed by atoms with Crippen molar-refractivity contribution in [1.29, 1.82) is 0 Å². The van der Waals surface area contributed by atoms with Crippen LogP contribution in [0.5, 0.6) is 5.75 Å². The molecule has 1 aliphatic carbocycles. The molecule has 1 fully saturated rings. The molecule has 1 N–H and O–H groups in total. The van der Waals surface area contributed by atoms with Gasteiger partial charge in [-0.15, -0.1) is 5.10 Å². The number of amides is 1. The number of aromatic nitrogens is 2. The Labute approximate surface area is 130 Å². The highest BCUT2D eigenvalue weighted by molar-refractivity contribution is 7.08. The number of hydrogen-bond donors (Lipinski definition) is 1. The van der Waals surface area contributed by atoms with E-state index >= 15 is 0 Å². The molecule has 1 aromatic carbocycles. The fraction of sp³-hybridized carbons (Fsp3) is 0.400. The molecule has 1 aromatic heterocycles. The summed E-state index contributed by atoms with van der Waals surface area (Å²) in [6.07, 6.45) is 2.75. The lowest BCUT2D eigenvalue weighted by Gasteiger charge is -2.26. The summed E-state index contributed by atoms with van der Waals surface area (Å²) in [4.78, 5) is 13.1. The number of para-hydroxylation sites is 1. The first kappa shape index (κ1) is 13.6. The molecule has 0 saturated heterocycles. The lowest BCUT2D eigenvalue weighted by Crippen LogP contribution is -2.32. The summed E-state index contributed by atoms with van der Waals surface area (Å²) in [5.74, 6) is 0.0383. The third kappa shape index (κ3) is 2.35. The zero-order chi connectivity index (χ0) is 15.1. The van der Waals surface area contributed by atoms with Crippen molar-refractivity contribution in [3.63, 3.8) is 0 Å². The molecular formula is C15H14FN3O2S. The number of carbonyl (C=O) groups is 1. The van der Waals surface area contributed by atoms with Crippen molar-refractivity contribution >= 4 is 17.4 Å². The third-order valence-electron chi connectivity index (χ3n) is 4.01. The number of nitrogens with zero attached hydrogens (tertiary/aromatic N) is 2. The average Bonchev–Trinajstić information content (AvgIpc) is 3.25. The van der Waals surface area contributed by atoms with Crippen LogP contribution in [0.25, 0.3) is 0 Å². The van der Waals surface area contributed by atoms with Crippen molar-refractivity contribution in [2.24, 2.45) is 0 Å². The molecular weight excluding hydrogens is 305 g/mol. The Hall–Kier alpha value is -2.02. The summed E-state index contributed by atoms with van der Waals surface area (Å²) in [7, 11) is 0. The van der Waals surface area contributed by atoms with E-state index in [2.05, 4.69) is 14.9 Å². The number of halogens is 1. The first-order valence-electron chi connectivity index (χ1n) is 7.28. The van der Waals surface area contributed by atoms with Crippen LogP contribution < -0.4 is 10.1 Å². The molecule has 0 radical (unpaired) electrons. The molecule has 1 unspecified atom stereocenters. The van der Waals surface area contributed by atoms with Crippen molar-refractivity contribution in [1.82, 2.24) is 14.9 Å². The van der Waals surface area contributed by atoms with Gasteiger partial charge in [0.05, 0.1) is 18.3 Å². The van der Waals surface area contributed by atoms with Gasteiger partial charge in [0.2, 0.25) is 0 Å². The van der Waals surface area contributed by atoms with Crippen LogP contribution in [0.15, 0.2) is 18.2 Å². The van der Waals surface area contributed by atoms with E-state index in [1.54, 1.807) is 12.1 Å². The summed E-state index contributed by atoms with van der Waals surface area (Å²) in [5, 5.41) is 7.05. The molecule has 2 aliphatic rings. The normalized spacial score (nSPS) is 20.1. The van der Waals surface area contributed by atoms with Crippen LogP contribution in [0.2, 0.25) is 0 Å². The molecule has 1 saturated carbocycles. The van der Waals surface area contributed by atoms with Crippen LogP contribution in [-0.2, 0) is 0 Å².